The van der Waals surface area contributed by atoms with E-state index in [1.807, 2.05) is 6.07 Å². The molecule has 3 fully saturated rings. The van der Waals surface area contributed by atoms with Crippen molar-refractivity contribution in [1.82, 2.24) is 9.88 Å². The van der Waals surface area contributed by atoms with E-state index in [1.54, 1.807) is 24.5 Å². The third-order valence-electron chi connectivity index (χ3n) is 8.53. The Kier molecular flexibility index (Phi) is 8.37. The number of piperazine rings is 1. The maximum absolute atomic E-state index is 13.2. The number of hydrogen-bond donors (Lipinski definition) is 0. The monoisotopic (exact) mass is 564 g/mol. The Bertz CT molecular complexity index is 1330. The number of alkyl halides is 3. The molecular weight excluding hydrogens is 533 g/mol. The molecule has 0 amide bonds. The number of nitriles is 2. The van der Waals surface area contributed by atoms with E-state index in [-0.39, 0.29) is 17.2 Å². The second kappa shape index (κ2) is 11.9. The summed E-state index contributed by atoms with van der Waals surface area (Å²) in [5.41, 5.74) is -0.516. The van der Waals surface area contributed by atoms with Crippen molar-refractivity contribution in [3.63, 3.8) is 0 Å². The van der Waals surface area contributed by atoms with Crippen LogP contribution in [-0.2, 0) is 6.18 Å². The summed E-state index contributed by atoms with van der Waals surface area (Å²) in [6.45, 7) is 3.48. The van der Waals surface area contributed by atoms with Gasteiger partial charge in [0.05, 0.1) is 33.4 Å². The molecule has 2 atom stereocenters. The molecule has 2 heterocycles. The van der Waals surface area contributed by atoms with Crippen LogP contribution in [0, 0.1) is 46.3 Å². The molecule has 1 aliphatic heterocycles. The van der Waals surface area contributed by atoms with E-state index in [4.69, 9.17) is 22.7 Å². The first-order chi connectivity index (χ1) is 19.2. The summed E-state index contributed by atoms with van der Waals surface area (Å²) in [5.74, 6) is 3.22. The van der Waals surface area contributed by atoms with Gasteiger partial charge in [0.15, 0.2) is 0 Å². The molecule has 3 aliphatic rings. The molecule has 1 aromatic carbocycles. The molecule has 5 rings (SSSR count). The third-order valence-corrected chi connectivity index (χ3v) is 8.96. The summed E-state index contributed by atoms with van der Waals surface area (Å²) < 4.78 is 39.7. The van der Waals surface area contributed by atoms with Crippen LogP contribution in [0.4, 0.5) is 24.7 Å². The highest BCUT2D eigenvalue weighted by Gasteiger charge is 2.44. The summed E-state index contributed by atoms with van der Waals surface area (Å²) in [4.78, 5) is 14.3. The number of halogens is 3. The van der Waals surface area contributed by atoms with E-state index in [2.05, 4.69) is 25.8 Å². The Hall–Kier alpha value is -3.50. The standard InChI is InChI=1S/C30H31F3N6S/c31-30(32,33)27-15-25(7-6-23(27)17-35)36-18-20-1-4-22(5-2-20)26-13-24(26)14-29(40)39-11-9-38(10-12-39)28-8-3-21(16-34)19-37-28/h3,6-8,15,18-20,22,24,26H,1-2,4-5,9-14H2. The zero-order valence-electron chi connectivity index (χ0n) is 22.1. The summed E-state index contributed by atoms with van der Waals surface area (Å²) in [6.07, 6.45) is 5.25. The van der Waals surface area contributed by atoms with E-state index < -0.39 is 11.7 Å². The summed E-state index contributed by atoms with van der Waals surface area (Å²) in [6, 6.07) is 11.0. The maximum Gasteiger partial charge on any atom is 0.417 e. The number of anilines is 1. The molecule has 0 radical (unpaired) electrons. The van der Waals surface area contributed by atoms with Gasteiger partial charge in [0, 0.05) is 45.0 Å². The maximum atomic E-state index is 13.2. The number of aromatic nitrogens is 1. The van der Waals surface area contributed by atoms with Crippen molar-refractivity contribution >= 4 is 34.9 Å². The van der Waals surface area contributed by atoms with Gasteiger partial charge in [-0.15, -0.1) is 0 Å². The van der Waals surface area contributed by atoms with Crippen molar-refractivity contribution in [1.29, 1.82) is 10.5 Å². The van der Waals surface area contributed by atoms with E-state index in [9.17, 15) is 13.2 Å². The Morgan fingerprint density at radius 1 is 1.05 bits per heavy atom. The third kappa shape index (κ3) is 6.62. The fourth-order valence-corrected chi connectivity index (χ4v) is 6.52. The predicted octanol–water partition coefficient (Wildman–Crippen LogP) is 6.53. The van der Waals surface area contributed by atoms with Gasteiger partial charge in [0.1, 0.15) is 11.9 Å². The molecule has 10 heteroatoms. The number of benzene rings is 1. The molecule has 2 saturated carbocycles. The van der Waals surface area contributed by atoms with Crippen molar-refractivity contribution in [3.8, 4) is 12.1 Å². The first kappa shape index (κ1) is 28.0. The SMILES string of the molecule is N#Cc1ccc(N2CCN(C(=S)CC3CC3C3CCC(C=Nc4ccc(C#N)c(C(F)(F)F)c4)CC3)CC2)nc1. The van der Waals surface area contributed by atoms with Gasteiger partial charge in [0.25, 0.3) is 0 Å². The van der Waals surface area contributed by atoms with Gasteiger partial charge < -0.3 is 9.80 Å². The van der Waals surface area contributed by atoms with Crippen LogP contribution >= 0.6 is 12.2 Å². The van der Waals surface area contributed by atoms with Crippen LogP contribution in [0.3, 0.4) is 0 Å². The van der Waals surface area contributed by atoms with Crippen LogP contribution in [0.15, 0.2) is 41.5 Å². The smallest absolute Gasteiger partial charge is 0.363 e. The molecule has 6 nitrogen and oxygen atoms in total. The molecule has 0 bridgehead atoms. The van der Waals surface area contributed by atoms with E-state index in [0.29, 0.717) is 23.3 Å². The van der Waals surface area contributed by atoms with Crippen molar-refractivity contribution in [2.75, 3.05) is 31.1 Å². The number of aliphatic imine (C=N–C) groups is 1. The number of hydrogen-bond acceptors (Lipinski definition) is 6. The highest BCUT2D eigenvalue weighted by Crippen LogP contribution is 2.52. The minimum atomic E-state index is -4.57. The van der Waals surface area contributed by atoms with Crippen molar-refractivity contribution in [2.45, 2.75) is 44.7 Å². The zero-order valence-corrected chi connectivity index (χ0v) is 23.0. The molecule has 1 aromatic heterocycles. The van der Waals surface area contributed by atoms with Gasteiger partial charge in [-0.2, -0.15) is 23.7 Å². The lowest BCUT2D eigenvalue weighted by Gasteiger charge is -2.37. The van der Waals surface area contributed by atoms with Crippen LogP contribution in [0.2, 0.25) is 0 Å². The highest BCUT2D eigenvalue weighted by atomic mass is 32.1. The van der Waals surface area contributed by atoms with Gasteiger partial charge >= 0.3 is 6.18 Å². The fraction of sp³-hybridized carbons (Fsp3) is 0.500. The lowest BCUT2D eigenvalue weighted by atomic mass is 9.79. The van der Waals surface area contributed by atoms with Crippen molar-refractivity contribution < 1.29 is 13.2 Å². The summed E-state index contributed by atoms with van der Waals surface area (Å²) in [5, 5.41) is 17.9. The van der Waals surface area contributed by atoms with Gasteiger partial charge in [-0.25, -0.2) is 4.98 Å². The predicted molar refractivity (Wildman–Crippen MR) is 151 cm³/mol. The van der Waals surface area contributed by atoms with Crippen LogP contribution in [0.25, 0.3) is 0 Å². The minimum absolute atomic E-state index is 0.234. The lowest BCUT2D eigenvalue weighted by Crippen LogP contribution is -2.48. The Labute approximate surface area is 238 Å². The van der Waals surface area contributed by atoms with Gasteiger partial charge in [-0.05, 0) is 86.1 Å². The molecule has 208 valence electrons. The number of thiocarbonyl (C=S) groups is 1. The molecule has 0 N–H and O–H groups in total. The van der Waals surface area contributed by atoms with Crippen LogP contribution in [0.5, 0.6) is 0 Å². The van der Waals surface area contributed by atoms with Crippen molar-refractivity contribution in [3.05, 3.63) is 53.2 Å². The fourth-order valence-electron chi connectivity index (χ4n) is 6.12. The molecule has 2 unspecified atom stereocenters. The Morgan fingerprint density at radius 2 is 1.80 bits per heavy atom. The topological polar surface area (TPSA) is 79.3 Å². The van der Waals surface area contributed by atoms with Crippen LogP contribution in [0.1, 0.15) is 55.2 Å². The molecule has 2 aliphatic carbocycles. The second-order valence-corrected chi connectivity index (χ2v) is 11.5. The zero-order chi connectivity index (χ0) is 28.3. The molecule has 0 spiro atoms. The Balaban J connectivity index is 1.04. The normalized spacial score (nSPS) is 24.9. The first-order valence-electron chi connectivity index (χ1n) is 13.8. The highest BCUT2D eigenvalue weighted by molar-refractivity contribution is 7.80. The molecule has 40 heavy (non-hydrogen) atoms. The van der Waals surface area contributed by atoms with E-state index >= 15 is 0 Å². The van der Waals surface area contributed by atoms with Crippen LogP contribution in [-0.4, -0.2) is 47.3 Å². The Morgan fingerprint density at radius 3 is 2.42 bits per heavy atom. The number of nitrogens with zero attached hydrogens (tertiary/aromatic N) is 6. The van der Waals surface area contributed by atoms with Gasteiger partial charge in [0.2, 0.25) is 0 Å². The molecular formula is C30H31F3N6S. The lowest BCUT2D eigenvalue weighted by molar-refractivity contribution is -0.137. The van der Waals surface area contributed by atoms with Gasteiger partial charge in [-0.3, -0.25) is 4.99 Å². The van der Waals surface area contributed by atoms with E-state index in [0.717, 1.165) is 75.2 Å². The average molecular weight is 565 g/mol. The summed E-state index contributed by atoms with van der Waals surface area (Å²) in [7, 11) is 0. The number of rotatable bonds is 6. The minimum Gasteiger partial charge on any atom is -0.363 e. The van der Waals surface area contributed by atoms with Gasteiger partial charge in [-0.1, -0.05) is 12.2 Å². The molecule has 1 saturated heterocycles. The quantitative estimate of drug-likeness (QED) is 0.293. The largest absolute Gasteiger partial charge is 0.417 e. The van der Waals surface area contributed by atoms with Crippen LogP contribution < -0.4 is 4.90 Å². The summed E-state index contributed by atoms with van der Waals surface area (Å²) >= 11 is 5.83. The molecule has 2 aromatic rings. The number of pyridine rings is 1. The second-order valence-electron chi connectivity index (χ2n) is 11.0. The average Bonchev–Trinajstić information content (AvgIpc) is 3.74. The van der Waals surface area contributed by atoms with E-state index in [1.165, 1.54) is 18.6 Å². The van der Waals surface area contributed by atoms with Crippen molar-refractivity contribution in [2.24, 2.45) is 28.7 Å². The first-order valence-corrected chi connectivity index (χ1v) is 14.2.